The van der Waals surface area contributed by atoms with Crippen molar-refractivity contribution in [1.29, 1.82) is 0 Å². The molecule has 0 saturated carbocycles. The molecule has 1 aliphatic rings. The van der Waals surface area contributed by atoms with E-state index in [2.05, 4.69) is 16.3 Å². The van der Waals surface area contributed by atoms with Crippen LogP contribution < -0.4 is 15.0 Å². The van der Waals surface area contributed by atoms with Gasteiger partial charge in [0.05, 0.1) is 24.4 Å². The number of benzene rings is 2. The highest BCUT2D eigenvalue weighted by Gasteiger charge is 2.38. The first-order valence-corrected chi connectivity index (χ1v) is 10.3. The molecule has 0 radical (unpaired) electrons. The van der Waals surface area contributed by atoms with Crippen molar-refractivity contribution in [3.63, 3.8) is 0 Å². The van der Waals surface area contributed by atoms with Crippen molar-refractivity contribution >= 4 is 23.3 Å². The number of methoxy groups -OCH3 is 1. The van der Waals surface area contributed by atoms with Gasteiger partial charge in [0.15, 0.2) is 0 Å². The van der Waals surface area contributed by atoms with E-state index in [1.807, 2.05) is 49.4 Å². The van der Waals surface area contributed by atoms with Crippen LogP contribution in [0.2, 0.25) is 0 Å². The number of rotatable bonds is 6. The molecule has 0 bridgehead atoms. The number of alkyl halides is 3. The van der Waals surface area contributed by atoms with E-state index in [0.29, 0.717) is 0 Å². The number of carboxylic acids is 1. The second-order valence-corrected chi connectivity index (χ2v) is 7.24. The van der Waals surface area contributed by atoms with E-state index in [1.54, 1.807) is 7.11 Å². The van der Waals surface area contributed by atoms with E-state index >= 15 is 0 Å². The minimum atomic E-state index is -5.08. The van der Waals surface area contributed by atoms with Gasteiger partial charge in [0.2, 0.25) is 5.91 Å². The molecule has 2 N–H and O–H groups in total. The number of aliphatic carboxylic acids is 1. The van der Waals surface area contributed by atoms with Crippen molar-refractivity contribution in [2.24, 2.45) is 0 Å². The molecule has 0 aromatic heterocycles. The van der Waals surface area contributed by atoms with Gasteiger partial charge in [0, 0.05) is 13.1 Å². The lowest BCUT2D eigenvalue weighted by Gasteiger charge is -2.23. The number of carbonyl (C=O) groups excluding carboxylic acids is 1. The molecule has 2 aromatic rings. The molecule has 1 aliphatic heterocycles. The van der Waals surface area contributed by atoms with Gasteiger partial charge in [-0.25, -0.2) is 4.79 Å². The summed E-state index contributed by atoms with van der Waals surface area (Å²) >= 11 is 0. The molecular weight excluding hydrogens is 425 g/mol. The van der Waals surface area contributed by atoms with Gasteiger partial charge in [0.25, 0.3) is 0 Å². The number of carboxylic acid groups (broad SMARTS) is 1. The standard InChI is InChI=1S/C21H26N2O2.C2HF3O2/c1-3-18(16-10-12-17(25-2)13-11-16)21(24)22-19-8-4-5-9-20(19)23-14-6-7-15-23;3-2(4,5)1(6)7/h4-5,8-13,18H,3,6-7,14-15H2,1-2H3,(H,22,24);(H,6,7). The number of anilines is 2. The quantitative estimate of drug-likeness (QED) is 0.641. The van der Waals surface area contributed by atoms with Crippen molar-refractivity contribution < 1.29 is 32.6 Å². The SMILES string of the molecule is CCC(C(=O)Nc1ccccc1N1CCCC1)c1ccc(OC)cc1.O=C(O)C(F)(F)F. The number of hydrogen-bond acceptors (Lipinski definition) is 4. The molecule has 0 spiro atoms. The molecule has 1 atom stereocenters. The summed E-state index contributed by atoms with van der Waals surface area (Å²) in [5.74, 6) is -2.08. The lowest BCUT2D eigenvalue weighted by Crippen LogP contribution is -2.24. The molecule has 3 rings (SSSR count). The molecule has 1 unspecified atom stereocenters. The van der Waals surface area contributed by atoms with Crippen LogP contribution in [0.25, 0.3) is 0 Å². The second kappa shape index (κ2) is 11.4. The van der Waals surface area contributed by atoms with Crippen LogP contribution in [0, 0.1) is 0 Å². The van der Waals surface area contributed by atoms with Crippen LogP contribution in [0.1, 0.15) is 37.7 Å². The molecule has 1 fully saturated rings. The van der Waals surface area contributed by atoms with Gasteiger partial charge in [-0.2, -0.15) is 13.2 Å². The van der Waals surface area contributed by atoms with Crippen LogP contribution in [0.15, 0.2) is 48.5 Å². The number of para-hydroxylation sites is 2. The van der Waals surface area contributed by atoms with Gasteiger partial charge in [-0.15, -0.1) is 0 Å². The number of halogens is 3. The van der Waals surface area contributed by atoms with Crippen molar-refractivity contribution in [3.8, 4) is 5.75 Å². The Morgan fingerprint density at radius 1 is 1.09 bits per heavy atom. The lowest BCUT2D eigenvalue weighted by atomic mass is 9.95. The number of amides is 1. The fraction of sp³-hybridized carbons (Fsp3) is 0.391. The summed E-state index contributed by atoms with van der Waals surface area (Å²) < 4.78 is 36.9. The summed E-state index contributed by atoms with van der Waals surface area (Å²) in [5, 5.41) is 10.3. The largest absolute Gasteiger partial charge is 0.497 e. The zero-order valence-electron chi connectivity index (χ0n) is 18.0. The maximum absolute atomic E-state index is 12.9. The summed E-state index contributed by atoms with van der Waals surface area (Å²) in [6.45, 7) is 4.16. The Labute approximate surface area is 185 Å². The van der Waals surface area contributed by atoms with E-state index in [0.717, 1.165) is 42.2 Å². The Kier molecular flexibility index (Phi) is 8.92. The van der Waals surface area contributed by atoms with E-state index in [-0.39, 0.29) is 11.8 Å². The number of nitrogens with zero attached hydrogens (tertiary/aromatic N) is 1. The lowest BCUT2D eigenvalue weighted by molar-refractivity contribution is -0.192. The minimum absolute atomic E-state index is 0.0410. The highest BCUT2D eigenvalue weighted by Crippen LogP contribution is 2.30. The fourth-order valence-electron chi connectivity index (χ4n) is 3.44. The van der Waals surface area contributed by atoms with Crippen LogP contribution in [-0.2, 0) is 9.59 Å². The Morgan fingerprint density at radius 2 is 1.66 bits per heavy atom. The zero-order chi connectivity index (χ0) is 23.7. The average Bonchev–Trinajstić information content (AvgIpc) is 3.29. The maximum Gasteiger partial charge on any atom is 0.490 e. The summed E-state index contributed by atoms with van der Waals surface area (Å²) in [7, 11) is 1.65. The molecule has 174 valence electrons. The van der Waals surface area contributed by atoms with Crippen molar-refractivity contribution in [3.05, 3.63) is 54.1 Å². The molecule has 1 saturated heterocycles. The topological polar surface area (TPSA) is 78.9 Å². The smallest absolute Gasteiger partial charge is 0.490 e. The highest BCUT2D eigenvalue weighted by molar-refractivity contribution is 5.98. The molecule has 32 heavy (non-hydrogen) atoms. The minimum Gasteiger partial charge on any atom is -0.497 e. The Morgan fingerprint density at radius 3 is 2.16 bits per heavy atom. The number of nitrogens with one attached hydrogen (secondary N) is 1. The van der Waals surface area contributed by atoms with Gasteiger partial charge in [0.1, 0.15) is 5.75 Å². The molecular formula is C23H27F3N2O4. The molecule has 0 aliphatic carbocycles. The predicted octanol–water partition coefficient (Wildman–Crippen LogP) is 5.06. The molecule has 6 nitrogen and oxygen atoms in total. The number of hydrogen-bond donors (Lipinski definition) is 2. The summed E-state index contributed by atoms with van der Waals surface area (Å²) in [4.78, 5) is 24.2. The zero-order valence-corrected chi connectivity index (χ0v) is 18.0. The van der Waals surface area contributed by atoms with Gasteiger partial charge in [-0.1, -0.05) is 31.2 Å². The Hall–Kier alpha value is -3.23. The summed E-state index contributed by atoms with van der Waals surface area (Å²) in [6.07, 6.45) is -1.90. The predicted molar refractivity (Wildman–Crippen MR) is 116 cm³/mol. The van der Waals surface area contributed by atoms with Gasteiger partial charge in [-0.05, 0) is 49.1 Å². The average molecular weight is 452 g/mol. The Balaban J connectivity index is 0.000000451. The van der Waals surface area contributed by atoms with Gasteiger partial charge < -0.3 is 20.1 Å². The van der Waals surface area contributed by atoms with E-state index in [9.17, 15) is 18.0 Å². The van der Waals surface area contributed by atoms with Crippen LogP contribution in [0.4, 0.5) is 24.5 Å². The first-order valence-electron chi connectivity index (χ1n) is 10.3. The van der Waals surface area contributed by atoms with Crippen molar-refractivity contribution in [2.45, 2.75) is 38.3 Å². The van der Waals surface area contributed by atoms with Crippen LogP contribution in [0.5, 0.6) is 5.75 Å². The fourth-order valence-corrected chi connectivity index (χ4v) is 3.44. The third-order valence-corrected chi connectivity index (χ3v) is 5.09. The molecule has 9 heteroatoms. The van der Waals surface area contributed by atoms with Crippen LogP contribution in [0.3, 0.4) is 0 Å². The van der Waals surface area contributed by atoms with E-state index < -0.39 is 12.1 Å². The molecule has 2 aromatic carbocycles. The van der Waals surface area contributed by atoms with Crippen molar-refractivity contribution in [1.82, 2.24) is 0 Å². The van der Waals surface area contributed by atoms with Crippen molar-refractivity contribution in [2.75, 3.05) is 30.4 Å². The Bertz CT molecular complexity index is 895. The van der Waals surface area contributed by atoms with Gasteiger partial charge in [-0.3, -0.25) is 4.79 Å². The molecule has 1 amide bonds. The third-order valence-electron chi connectivity index (χ3n) is 5.09. The van der Waals surface area contributed by atoms with Crippen LogP contribution in [-0.4, -0.2) is 43.4 Å². The normalized spacial score (nSPS) is 14.2. The summed E-state index contributed by atoms with van der Waals surface area (Å²) in [5.41, 5.74) is 3.04. The second-order valence-electron chi connectivity index (χ2n) is 7.24. The first kappa shape index (κ1) is 25.0. The number of carbonyl (C=O) groups is 2. The number of ether oxygens (including phenoxy) is 1. The highest BCUT2D eigenvalue weighted by atomic mass is 19.4. The summed E-state index contributed by atoms with van der Waals surface area (Å²) in [6, 6.07) is 15.8. The van der Waals surface area contributed by atoms with Crippen LogP contribution >= 0.6 is 0 Å². The first-order chi connectivity index (χ1) is 15.2. The van der Waals surface area contributed by atoms with Gasteiger partial charge >= 0.3 is 12.1 Å². The maximum atomic E-state index is 12.9. The van der Waals surface area contributed by atoms with E-state index in [4.69, 9.17) is 14.6 Å². The molecule has 1 heterocycles. The van der Waals surface area contributed by atoms with E-state index in [1.165, 1.54) is 12.8 Å². The third kappa shape index (κ3) is 6.90. The monoisotopic (exact) mass is 452 g/mol.